The monoisotopic (exact) mass is 347 g/mol. The highest BCUT2D eigenvalue weighted by atomic mass is 16.6. The third-order valence-electron chi connectivity index (χ3n) is 4.32. The second kappa shape index (κ2) is 7.83. The molecule has 1 aromatic carbocycles. The molecule has 134 valence electrons. The molecule has 0 aromatic heterocycles. The molecular formula is C17H21N3O5. The van der Waals surface area contributed by atoms with Crippen LogP contribution in [0.3, 0.4) is 0 Å². The van der Waals surface area contributed by atoms with Gasteiger partial charge in [0.05, 0.1) is 24.2 Å². The molecule has 1 fully saturated rings. The van der Waals surface area contributed by atoms with Gasteiger partial charge in [-0.2, -0.15) is 5.26 Å². The Morgan fingerprint density at radius 2 is 2.08 bits per heavy atom. The van der Waals surface area contributed by atoms with Crippen LogP contribution in [0.1, 0.15) is 39.0 Å². The lowest BCUT2D eigenvalue weighted by Crippen LogP contribution is -2.52. The molecule has 0 radical (unpaired) electrons. The van der Waals surface area contributed by atoms with Gasteiger partial charge in [0.1, 0.15) is 11.3 Å². The van der Waals surface area contributed by atoms with E-state index in [0.717, 1.165) is 19.3 Å². The summed E-state index contributed by atoms with van der Waals surface area (Å²) >= 11 is 0. The van der Waals surface area contributed by atoms with Crippen LogP contribution >= 0.6 is 0 Å². The van der Waals surface area contributed by atoms with Gasteiger partial charge in [-0.1, -0.05) is 19.3 Å². The van der Waals surface area contributed by atoms with Gasteiger partial charge in [0, 0.05) is 0 Å². The minimum Gasteiger partial charge on any atom is -0.496 e. The first-order valence-electron chi connectivity index (χ1n) is 8.13. The fourth-order valence-corrected chi connectivity index (χ4v) is 2.87. The van der Waals surface area contributed by atoms with Crippen LogP contribution in [0.2, 0.25) is 0 Å². The highest BCUT2D eigenvalue weighted by Crippen LogP contribution is 2.32. The van der Waals surface area contributed by atoms with E-state index in [2.05, 4.69) is 11.4 Å². The quantitative estimate of drug-likeness (QED) is 0.625. The minimum atomic E-state index is -0.973. The Kier molecular flexibility index (Phi) is 5.80. The number of ether oxygens (including phenoxy) is 2. The Labute approximate surface area is 145 Å². The van der Waals surface area contributed by atoms with E-state index in [0.29, 0.717) is 18.6 Å². The number of nitriles is 1. The molecule has 2 rings (SSSR count). The van der Waals surface area contributed by atoms with Crippen molar-refractivity contribution in [2.75, 3.05) is 7.11 Å². The van der Waals surface area contributed by atoms with Crippen LogP contribution in [-0.4, -0.2) is 29.6 Å². The molecule has 1 N–H and O–H groups in total. The van der Waals surface area contributed by atoms with Crippen molar-refractivity contribution in [1.29, 1.82) is 5.26 Å². The summed E-state index contributed by atoms with van der Waals surface area (Å²) in [6.45, 7) is 1.50. The van der Waals surface area contributed by atoms with Crippen LogP contribution < -0.4 is 14.8 Å². The lowest BCUT2D eigenvalue weighted by Gasteiger charge is -2.32. The molecule has 0 heterocycles. The lowest BCUT2D eigenvalue weighted by molar-refractivity contribution is -0.386. The van der Waals surface area contributed by atoms with Gasteiger partial charge in [0.25, 0.3) is 5.91 Å². The van der Waals surface area contributed by atoms with Gasteiger partial charge in [-0.15, -0.1) is 0 Å². The zero-order valence-electron chi connectivity index (χ0n) is 14.3. The van der Waals surface area contributed by atoms with E-state index >= 15 is 0 Å². The van der Waals surface area contributed by atoms with Crippen molar-refractivity contribution in [3.05, 3.63) is 28.3 Å². The van der Waals surface area contributed by atoms with Crippen LogP contribution in [-0.2, 0) is 4.79 Å². The number of methoxy groups -OCH3 is 1. The smallest absolute Gasteiger partial charge is 0.314 e. The van der Waals surface area contributed by atoms with Crippen LogP contribution in [0.25, 0.3) is 0 Å². The SMILES string of the molecule is COc1ccc(O[C@@H](C)C(=O)NC2(C#N)CCCCC2)c([N+](=O)[O-])c1. The molecule has 8 heteroatoms. The maximum Gasteiger partial charge on any atom is 0.314 e. The topological polar surface area (TPSA) is 114 Å². The minimum absolute atomic E-state index is 0.0249. The van der Waals surface area contributed by atoms with E-state index in [1.165, 1.54) is 32.2 Å². The first-order valence-corrected chi connectivity index (χ1v) is 8.13. The highest BCUT2D eigenvalue weighted by molar-refractivity contribution is 5.82. The number of hydrogen-bond donors (Lipinski definition) is 1. The van der Waals surface area contributed by atoms with Crippen molar-refractivity contribution in [2.24, 2.45) is 0 Å². The summed E-state index contributed by atoms with van der Waals surface area (Å²) in [6.07, 6.45) is 3.04. The Balaban J connectivity index is 2.11. The third kappa shape index (κ3) is 4.38. The van der Waals surface area contributed by atoms with Gasteiger partial charge in [0.2, 0.25) is 0 Å². The Hall–Kier alpha value is -2.82. The number of nitro benzene ring substituents is 1. The molecule has 1 aliphatic rings. The second-order valence-corrected chi connectivity index (χ2v) is 6.09. The van der Waals surface area contributed by atoms with Crippen molar-refractivity contribution in [2.45, 2.75) is 50.7 Å². The fraction of sp³-hybridized carbons (Fsp3) is 0.529. The lowest BCUT2D eigenvalue weighted by atomic mass is 9.83. The van der Waals surface area contributed by atoms with Gasteiger partial charge in [-0.05, 0) is 31.9 Å². The van der Waals surface area contributed by atoms with Crippen LogP contribution in [0, 0.1) is 21.4 Å². The van der Waals surface area contributed by atoms with E-state index in [9.17, 15) is 20.2 Å². The van der Waals surface area contributed by atoms with Gasteiger partial charge >= 0.3 is 5.69 Å². The number of amides is 1. The summed E-state index contributed by atoms with van der Waals surface area (Å²) in [5.74, 6) is -0.168. The standard InChI is InChI=1S/C17H21N3O5/c1-12(16(21)19-17(11-18)8-4-3-5-9-17)25-15-7-6-13(24-2)10-14(15)20(22)23/h6-7,10,12H,3-5,8-9H2,1-2H3,(H,19,21)/t12-/m0/s1. The van der Waals surface area contributed by atoms with Crippen molar-refractivity contribution >= 4 is 11.6 Å². The Bertz CT molecular complexity index is 692. The van der Waals surface area contributed by atoms with E-state index in [1.54, 1.807) is 0 Å². The summed E-state index contributed by atoms with van der Waals surface area (Å²) in [6, 6.07) is 6.34. The van der Waals surface area contributed by atoms with E-state index in [4.69, 9.17) is 9.47 Å². The van der Waals surface area contributed by atoms with Crippen LogP contribution in [0.5, 0.6) is 11.5 Å². The van der Waals surface area contributed by atoms with Gasteiger partial charge in [-0.3, -0.25) is 14.9 Å². The summed E-state index contributed by atoms with van der Waals surface area (Å²) in [5.41, 5.74) is -1.16. The maximum absolute atomic E-state index is 12.4. The predicted molar refractivity (Wildman–Crippen MR) is 89.3 cm³/mol. The number of carbonyl (C=O) groups is 1. The number of benzene rings is 1. The molecule has 0 saturated heterocycles. The van der Waals surface area contributed by atoms with Gasteiger partial charge in [0.15, 0.2) is 11.9 Å². The molecule has 0 aliphatic heterocycles. The average molecular weight is 347 g/mol. The largest absolute Gasteiger partial charge is 0.496 e. The average Bonchev–Trinajstić information content (AvgIpc) is 2.62. The summed E-state index contributed by atoms with van der Waals surface area (Å²) < 4.78 is 10.4. The number of nitrogens with one attached hydrogen (secondary N) is 1. The number of rotatable bonds is 6. The van der Waals surface area contributed by atoms with Crippen LogP contribution in [0.15, 0.2) is 18.2 Å². The summed E-state index contributed by atoms with van der Waals surface area (Å²) in [7, 11) is 1.40. The van der Waals surface area contributed by atoms with E-state index in [1.807, 2.05) is 0 Å². The van der Waals surface area contributed by atoms with Gasteiger partial charge in [-0.25, -0.2) is 0 Å². The Morgan fingerprint density at radius 1 is 1.40 bits per heavy atom. The zero-order valence-corrected chi connectivity index (χ0v) is 14.3. The van der Waals surface area contributed by atoms with Gasteiger partial charge < -0.3 is 14.8 Å². The second-order valence-electron chi connectivity index (χ2n) is 6.09. The normalized spacial score (nSPS) is 17.0. The van der Waals surface area contributed by atoms with Crippen molar-refractivity contribution in [3.8, 4) is 17.6 Å². The van der Waals surface area contributed by atoms with Crippen molar-refractivity contribution < 1.29 is 19.2 Å². The molecular weight excluding hydrogens is 326 g/mol. The molecule has 1 aromatic rings. The maximum atomic E-state index is 12.4. The molecule has 25 heavy (non-hydrogen) atoms. The number of nitrogens with zero attached hydrogens (tertiary/aromatic N) is 2. The summed E-state index contributed by atoms with van der Waals surface area (Å²) in [4.78, 5) is 23.0. The van der Waals surface area contributed by atoms with E-state index in [-0.39, 0.29) is 11.4 Å². The van der Waals surface area contributed by atoms with E-state index < -0.39 is 22.5 Å². The third-order valence-corrected chi connectivity index (χ3v) is 4.32. The van der Waals surface area contributed by atoms with Crippen LogP contribution in [0.4, 0.5) is 5.69 Å². The predicted octanol–water partition coefficient (Wildman–Crippen LogP) is 2.71. The molecule has 0 bridgehead atoms. The molecule has 1 atom stereocenters. The number of nitro groups is 1. The first kappa shape index (κ1) is 18.5. The Morgan fingerprint density at radius 3 is 2.64 bits per heavy atom. The summed E-state index contributed by atoms with van der Waals surface area (Å²) in [5, 5.41) is 23.4. The molecule has 0 unspecified atom stereocenters. The molecule has 0 spiro atoms. The number of hydrogen-bond acceptors (Lipinski definition) is 6. The molecule has 8 nitrogen and oxygen atoms in total. The zero-order chi connectivity index (χ0) is 18.4. The van der Waals surface area contributed by atoms with Crippen molar-refractivity contribution in [1.82, 2.24) is 5.32 Å². The van der Waals surface area contributed by atoms with Crippen molar-refractivity contribution in [3.63, 3.8) is 0 Å². The molecule has 1 aliphatic carbocycles. The fourth-order valence-electron chi connectivity index (χ4n) is 2.87. The highest BCUT2D eigenvalue weighted by Gasteiger charge is 2.35. The molecule has 1 saturated carbocycles. The number of carbonyl (C=O) groups excluding carboxylic acids is 1. The first-order chi connectivity index (χ1) is 11.9. The molecule has 1 amide bonds.